The molecule has 0 radical (unpaired) electrons. The lowest BCUT2D eigenvalue weighted by Gasteiger charge is -2.40. The van der Waals surface area contributed by atoms with Crippen LogP contribution in [-0.2, 0) is 14.3 Å². The van der Waals surface area contributed by atoms with Crippen molar-refractivity contribution in [3.8, 4) is 11.5 Å². The minimum Gasteiger partial charge on any atom is -0.490 e. The number of nitrogens with one attached hydrogen (secondary N) is 1. The predicted molar refractivity (Wildman–Crippen MR) is 119 cm³/mol. The fourth-order valence-corrected chi connectivity index (χ4v) is 5.28. The van der Waals surface area contributed by atoms with Gasteiger partial charge in [-0.1, -0.05) is 12.5 Å². The molecule has 190 valence electrons. The van der Waals surface area contributed by atoms with Crippen LogP contribution in [0.25, 0.3) is 0 Å². The van der Waals surface area contributed by atoms with E-state index in [1.165, 1.54) is 6.92 Å². The molecule has 2 aliphatic heterocycles. The van der Waals surface area contributed by atoms with Gasteiger partial charge in [-0.15, -0.1) is 0 Å². The maximum absolute atomic E-state index is 11.8. The summed E-state index contributed by atoms with van der Waals surface area (Å²) in [5, 5.41) is 42.9. The summed E-state index contributed by atoms with van der Waals surface area (Å²) in [6, 6.07) is 5.38. The standard InChI is InChI=1S/C24H35NO9/c1-3-31-19-9-13(18-10-15(25-12(2)27)14-5-4-6-16(14)32-18)7-8-17(19)33-24-23(30)22(29)21(28)20(11-26)34-24/h7-9,14-16,18,20-24,26,28-30H,3-6,10-11H2,1-2H3,(H,25,27)/t14-,15+,16+,18+,20+,21+,22-,23-,24-/m1/s1. The van der Waals surface area contributed by atoms with Crippen LogP contribution >= 0.6 is 0 Å². The molecular weight excluding hydrogens is 446 g/mol. The van der Waals surface area contributed by atoms with Crippen molar-refractivity contribution in [2.45, 2.75) is 88.5 Å². The number of aliphatic hydroxyl groups is 4. The van der Waals surface area contributed by atoms with Crippen LogP contribution in [0.1, 0.15) is 51.2 Å². The second kappa shape index (κ2) is 10.8. The lowest BCUT2D eigenvalue weighted by Crippen LogP contribution is -2.60. The third-order valence-corrected chi connectivity index (χ3v) is 6.95. The van der Waals surface area contributed by atoms with Crippen molar-refractivity contribution in [1.82, 2.24) is 5.32 Å². The molecule has 0 bridgehead atoms. The van der Waals surface area contributed by atoms with E-state index in [0.717, 1.165) is 24.8 Å². The van der Waals surface area contributed by atoms with Crippen LogP contribution in [0.3, 0.4) is 0 Å². The molecule has 2 saturated heterocycles. The smallest absolute Gasteiger partial charge is 0.229 e. The molecule has 3 fully saturated rings. The minimum atomic E-state index is -1.54. The van der Waals surface area contributed by atoms with E-state index in [1.54, 1.807) is 6.07 Å². The number of amides is 1. The maximum Gasteiger partial charge on any atom is 0.229 e. The second-order valence-corrected chi connectivity index (χ2v) is 9.25. The van der Waals surface area contributed by atoms with Crippen molar-refractivity contribution >= 4 is 5.91 Å². The van der Waals surface area contributed by atoms with Crippen LogP contribution in [0.4, 0.5) is 0 Å². The number of benzene rings is 1. The quantitative estimate of drug-likeness (QED) is 0.373. The number of hydrogen-bond acceptors (Lipinski definition) is 9. The summed E-state index contributed by atoms with van der Waals surface area (Å²) in [6.07, 6.45) is -3.30. The van der Waals surface area contributed by atoms with Crippen molar-refractivity contribution in [2.75, 3.05) is 13.2 Å². The highest BCUT2D eigenvalue weighted by Crippen LogP contribution is 2.44. The van der Waals surface area contributed by atoms with E-state index in [1.807, 2.05) is 19.1 Å². The first-order valence-electron chi connectivity index (χ1n) is 12.0. The van der Waals surface area contributed by atoms with Gasteiger partial charge in [0, 0.05) is 18.9 Å². The zero-order valence-corrected chi connectivity index (χ0v) is 19.5. The molecule has 4 rings (SSSR count). The molecule has 0 unspecified atom stereocenters. The summed E-state index contributed by atoms with van der Waals surface area (Å²) in [5.41, 5.74) is 0.880. The Morgan fingerprint density at radius 2 is 1.91 bits per heavy atom. The van der Waals surface area contributed by atoms with Crippen LogP contribution in [0.2, 0.25) is 0 Å². The molecule has 34 heavy (non-hydrogen) atoms. The second-order valence-electron chi connectivity index (χ2n) is 9.25. The van der Waals surface area contributed by atoms with Gasteiger partial charge in [-0.25, -0.2) is 0 Å². The number of carbonyl (C=O) groups is 1. The molecular formula is C24H35NO9. The van der Waals surface area contributed by atoms with Gasteiger partial charge in [0.05, 0.1) is 25.4 Å². The highest BCUT2D eigenvalue weighted by molar-refractivity contribution is 5.73. The van der Waals surface area contributed by atoms with Gasteiger partial charge in [0.15, 0.2) is 11.5 Å². The molecule has 1 amide bonds. The molecule has 1 aromatic carbocycles. The maximum atomic E-state index is 11.8. The largest absolute Gasteiger partial charge is 0.490 e. The van der Waals surface area contributed by atoms with Crippen molar-refractivity contribution in [3.05, 3.63) is 23.8 Å². The van der Waals surface area contributed by atoms with Gasteiger partial charge in [-0.3, -0.25) is 4.79 Å². The molecule has 5 N–H and O–H groups in total. The van der Waals surface area contributed by atoms with E-state index in [9.17, 15) is 25.2 Å². The van der Waals surface area contributed by atoms with Gasteiger partial charge in [0.1, 0.15) is 24.4 Å². The normalized spacial score (nSPS) is 37.6. The van der Waals surface area contributed by atoms with Crippen molar-refractivity contribution in [3.63, 3.8) is 0 Å². The number of aliphatic hydroxyl groups excluding tert-OH is 4. The number of rotatable bonds is 7. The Morgan fingerprint density at radius 1 is 1.12 bits per heavy atom. The number of fused-ring (bicyclic) bond motifs is 1. The van der Waals surface area contributed by atoms with E-state index in [0.29, 0.717) is 24.7 Å². The number of carbonyl (C=O) groups excluding carboxylic acids is 1. The van der Waals surface area contributed by atoms with Crippen molar-refractivity contribution < 1.29 is 44.2 Å². The SMILES string of the molecule is CCOc1cc([C@@H]2C[C@H](NC(C)=O)[C@H]3CCC[C@@H]3O2)ccc1O[C@@H]1O[C@@H](CO)[C@H](O)[C@@H](O)[C@H]1O. The highest BCUT2D eigenvalue weighted by Gasteiger charge is 2.45. The van der Waals surface area contributed by atoms with Crippen LogP contribution in [0.15, 0.2) is 18.2 Å². The topological polar surface area (TPSA) is 147 Å². The molecule has 10 heteroatoms. The number of hydrogen-bond donors (Lipinski definition) is 5. The summed E-state index contributed by atoms with van der Waals surface area (Å²) >= 11 is 0. The molecule has 0 spiro atoms. The van der Waals surface area contributed by atoms with Crippen LogP contribution in [0.5, 0.6) is 11.5 Å². The number of ether oxygens (including phenoxy) is 4. The van der Waals surface area contributed by atoms with E-state index < -0.39 is 37.3 Å². The van der Waals surface area contributed by atoms with E-state index in [-0.39, 0.29) is 29.9 Å². The zero-order chi connectivity index (χ0) is 24.4. The summed E-state index contributed by atoms with van der Waals surface area (Å²) in [5.74, 6) is 0.961. The Labute approximate surface area is 198 Å². The molecule has 10 nitrogen and oxygen atoms in total. The fraction of sp³-hybridized carbons (Fsp3) is 0.708. The lowest BCUT2D eigenvalue weighted by molar-refractivity contribution is -0.277. The molecule has 1 aliphatic carbocycles. The molecule has 2 heterocycles. The molecule has 1 aromatic rings. The first-order chi connectivity index (χ1) is 16.3. The van der Waals surface area contributed by atoms with Gasteiger partial charge >= 0.3 is 0 Å². The van der Waals surface area contributed by atoms with Gasteiger partial charge < -0.3 is 44.7 Å². The Hall–Kier alpha value is -1.95. The predicted octanol–water partition coefficient (Wildman–Crippen LogP) is 0.399. The average molecular weight is 482 g/mol. The van der Waals surface area contributed by atoms with E-state index in [2.05, 4.69) is 5.32 Å². The monoisotopic (exact) mass is 481 g/mol. The third-order valence-electron chi connectivity index (χ3n) is 6.95. The average Bonchev–Trinajstić information content (AvgIpc) is 3.29. The summed E-state index contributed by atoms with van der Waals surface area (Å²) < 4.78 is 23.4. The van der Waals surface area contributed by atoms with Crippen molar-refractivity contribution in [1.29, 1.82) is 0 Å². The first-order valence-corrected chi connectivity index (χ1v) is 12.0. The van der Waals surface area contributed by atoms with Gasteiger partial charge in [0.2, 0.25) is 12.2 Å². The lowest BCUT2D eigenvalue weighted by atomic mass is 9.86. The molecule has 0 aromatic heterocycles. The van der Waals surface area contributed by atoms with Crippen LogP contribution < -0.4 is 14.8 Å². The van der Waals surface area contributed by atoms with Gasteiger partial charge in [-0.2, -0.15) is 0 Å². The summed E-state index contributed by atoms with van der Waals surface area (Å²) in [7, 11) is 0. The zero-order valence-electron chi connectivity index (χ0n) is 19.5. The highest BCUT2D eigenvalue weighted by atomic mass is 16.7. The Bertz CT molecular complexity index is 850. The summed E-state index contributed by atoms with van der Waals surface area (Å²) in [6.45, 7) is 3.18. The third kappa shape index (κ3) is 5.17. The Balaban J connectivity index is 1.54. The van der Waals surface area contributed by atoms with E-state index >= 15 is 0 Å². The van der Waals surface area contributed by atoms with Crippen LogP contribution in [-0.4, -0.2) is 82.4 Å². The Morgan fingerprint density at radius 3 is 2.62 bits per heavy atom. The fourth-order valence-electron chi connectivity index (χ4n) is 5.28. The molecule has 9 atom stereocenters. The van der Waals surface area contributed by atoms with Crippen molar-refractivity contribution in [2.24, 2.45) is 5.92 Å². The first kappa shape index (κ1) is 25.2. The van der Waals surface area contributed by atoms with E-state index in [4.69, 9.17) is 18.9 Å². The molecule has 1 saturated carbocycles. The minimum absolute atomic E-state index is 0.0457. The Kier molecular flexibility index (Phi) is 7.96. The summed E-state index contributed by atoms with van der Waals surface area (Å²) in [4.78, 5) is 11.8. The van der Waals surface area contributed by atoms with Crippen LogP contribution in [0, 0.1) is 5.92 Å². The van der Waals surface area contributed by atoms with Gasteiger partial charge in [-0.05, 0) is 43.9 Å². The molecule has 3 aliphatic rings. The van der Waals surface area contributed by atoms with Gasteiger partial charge in [0.25, 0.3) is 0 Å².